The number of hydrogen-bond acceptors (Lipinski definition) is 5. The van der Waals surface area contributed by atoms with Crippen molar-refractivity contribution < 1.29 is 13.9 Å². The molecule has 0 unspecified atom stereocenters. The van der Waals surface area contributed by atoms with Crippen molar-refractivity contribution in [1.82, 2.24) is 15.1 Å². The Morgan fingerprint density at radius 3 is 2.81 bits per heavy atom. The van der Waals surface area contributed by atoms with E-state index in [4.69, 9.17) is 9.15 Å². The summed E-state index contributed by atoms with van der Waals surface area (Å²) in [5.41, 5.74) is 0.992. The number of allylic oxidation sites excluding steroid dienone is 2. The molecular weight excluding hydrogens is 270 g/mol. The van der Waals surface area contributed by atoms with Crippen LogP contribution < -0.4 is 0 Å². The number of piperidine rings is 1. The third kappa shape index (κ3) is 4.18. The number of amides is 1. The highest BCUT2D eigenvalue weighted by Crippen LogP contribution is 2.26. The van der Waals surface area contributed by atoms with Gasteiger partial charge in [-0.15, -0.1) is 10.2 Å². The molecule has 0 aromatic carbocycles. The van der Waals surface area contributed by atoms with Crippen LogP contribution in [0.3, 0.4) is 0 Å². The highest BCUT2D eigenvalue weighted by atomic mass is 16.6. The first-order valence-electron chi connectivity index (χ1n) is 7.20. The summed E-state index contributed by atoms with van der Waals surface area (Å²) < 4.78 is 10.5. The van der Waals surface area contributed by atoms with Gasteiger partial charge in [0.15, 0.2) is 0 Å². The second-order valence-electron chi connectivity index (χ2n) is 4.96. The number of likely N-dealkylation sites (tertiary alicyclic amines) is 1. The summed E-state index contributed by atoms with van der Waals surface area (Å²) in [4.78, 5) is 13.7. The minimum atomic E-state index is -0.261. The molecule has 2 rings (SSSR count). The molecule has 1 aliphatic heterocycles. The lowest BCUT2D eigenvalue weighted by Gasteiger charge is -2.29. The van der Waals surface area contributed by atoms with Gasteiger partial charge < -0.3 is 14.1 Å². The van der Waals surface area contributed by atoms with E-state index in [9.17, 15) is 4.79 Å². The first-order valence-corrected chi connectivity index (χ1v) is 7.20. The van der Waals surface area contributed by atoms with E-state index in [2.05, 4.69) is 10.2 Å². The van der Waals surface area contributed by atoms with Crippen molar-refractivity contribution in [2.24, 2.45) is 0 Å². The Bertz CT molecular complexity index is 500. The van der Waals surface area contributed by atoms with Gasteiger partial charge in [-0.3, -0.25) is 0 Å². The van der Waals surface area contributed by atoms with Gasteiger partial charge in [-0.25, -0.2) is 4.79 Å². The van der Waals surface area contributed by atoms with Crippen LogP contribution in [0.5, 0.6) is 0 Å². The monoisotopic (exact) mass is 291 g/mol. The number of hydrogen-bond donors (Lipinski definition) is 0. The Balaban J connectivity index is 1.78. The lowest BCUT2D eigenvalue weighted by molar-refractivity contribution is 0.0986. The van der Waals surface area contributed by atoms with Crippen LogP contribution in [-0.4, -0.2) is 40.9 Å². The zero-order valence-electron chi connectivity index (χ0n) is 12.5. The molecule has 114 valence electrons. The quantitative estimate of drug-likeness (QED) is 0.798. The molecule has 0 N–H and O–H groups in total. The summed E-state index contributed by atoms with van der Waals surface area (Å²) in [5, 5.41) is 7.63. The topological polar surface area (TPSA) is 68.5 Å². The molecule has 0 radical (unpaired) electrons. The van der Waals surface area contributed by atoms with Gasteiger partial charge in [-0.05, 0) is 32.3 Å². The Morgan fingerprint density at radius 2 is 2.24 bits per heavy atom. The number of carbonyl (C=O) groups excluding carboxylic acids is 1. The molecule has 0 aliphatic carbocycles. The SMILES string of the molecule is C/C=C\C(=C/C)COC(=O)N1CCC(c2nnco2)CC1. The van der Waals surface area contributed by atoms with Gasteiger partial charge in [0, 0.05) is 19.0 Å². The molecular formula is C15H21N3O3. The predicted molar refractivity (Wildman–Crippen MR) is 77.8 cm³/mol. The fourth-order valence-corrected chi connectivity index (χ4v) is 2.35. The molecule has 6 nitrogen and oxygen atoms in total. The normalized spacial score (nSPS) is 17.4. The van der Waals surface area contributed by atoms with Crippen LogP contribution in [0.1, 0.15) is 38.5 Å². The van der Waals surface area contributed by atoms with Crippen LogP contribution in [0.4, 0.5) is 4.79 Å². The van der Waals surface area contributed by atoms with Gasteiger partial charge in [0.05, 0.1) is 0 Å². The standard InChI is InChI=1S/C15H21N3O3/c1-3-5-12(4-2)10-20-15(19)18-8-6-13(7-9-18)14-17-16-11-21-14/h3-5,11,13H,6-10H2,1-2H3/b5-3-,12-4+. The van der Waals surface area contributed by atoms with Crippen LogP contribution in [0.25, 0.3) is 0 Å². The molecule has 0 saturated carbocycles. The molecule has 1 aromatic rings. The van der Waals surface area contributed by atoms with Crippen LogP contribution >= 0.6 is 0 Å². The smallest absolute Gasteiger partial charge is 0.410 e. The van der Waals surface area contributed by atoms with E-state index in [1.165, 1.54) is 6.39 Å². The van der Waals surface area contributed by atoms with Crippen LogP contribution in [-0.2, 0) is 4.74 Å². The highest BCUT2D eigenvalue weighted by Gasteiger charge is 2.27. The number of aromatic nitrogens is 2. The van der Waals surface area contributed by atoms with Gasteiger partial charge >= 0.3 is 6.09 Å². The van der Waals surface area contributed by atoms with Crippen molar-refractivity contribution in [2.75, 3.05) is 19.7 Å². The van der Waals surface area contributed by atoms with E-state index in [1.54, 1.807) is 4.90 Å². The summed E-state index contributed by atoms with van der Waals surface area (Å²) in [6.45, 7) is 5.48. The second kappa shape index (κ2) is 7.61. The summed E-state index contributed by atoms with van der Waals surface area (Å²) in [5.74, 6) is 0.901. The van der Waals surface area contributed by atoms with Gasteiger partial charge in [0.2, 0.25) is 12.3 Å². The third-order valence-corrected chi connectivity index (χ3v) is 3.59. The second-order valence-corrected chi connectivity index (χ2v) is 4.96. The summed E-state index contributed by atoms with van der Waals surface area (Å²) in [6.07, 6.45) is 8.53. The zero-order valence-corrected chi connectivity index (χ0v) is 12.5. The molecule has 21 heavy (non-hydrogen) atoms. The van der Waals surface area contributed by atoms with E-state index in [-0.39, 0.29) is 12.0 Å². The molecule has 6 heteroatoms. The highest BCUT2D eigenvalue weighted by molar-refractivity contribution is 5.68. The minimum absolute atomic E-state index is 0.241. The first-order chi connectivity index (χ1) is 10.2. The van der Waals surface area contributed by atoms with E-state index in [1.807, 2.05) is 32.1 Å². The molecule has 2 heterocycles. The predicted octanol–water partition coefficient (Wildman–Crippen LogP) is 2.91. The van der Waals surface area contributed by atoms with Gasteiger partial charge in [-0.1, -0.05) is 18.2 Å². The summed E-state index contributed by atoms with van der Waals surface area (Å²) in [6, 6.07) is 0. The molecule has 0 spiro atoms. The van der Waals surface area contributed by atoms with E-state index < -0.39 is 0 Å². The van der Waals surface area contributed by atoms with Gasteiger partial charge in [0.1, 0.15) is 6.61 Å². The lowest BCUT2D eigenvalue weighted by atomic mass is 9.97. The van der Waals surface area contributed by atoms with Crippen molar-refractivity contribution in [3.63, 3.8) is 0 Å². The molecule has 1 aliphatic rings. The molecule has 1 saturated heterocycles. The van der Waals surface area contributed by atoms with Crippen LogP contribution in [0.2, 0.25) is 0 Å². The van der Waals surface area contributed by atoms with E-state index >= 15 is 0 Å². The maximum absolute atomic E-state index is 12.0. The van der Waals surface area contributed by atoms with Crippen molar-refractivity contribution in [3.05, 3.63) is 36.1 Å². The fraction of sp³-hybridized carbons (Fsp3) is 0.533. The Kier molecular flexibility index (Phi) is 5.54. The van der Waals surface area contributed by atoms with Crippen molar-refractivity contribution in [3.8, 4) is 0 Å². The van der Waals surface area contributed by atoms with Crippen LogP contribution in [0, 0.1) is 0 Å². The zero-order chi connectivity index (χ0) is 15.1. The van der Waals surface area contributed by atoms with E-state index in [0.717, 1.165) is 18.4 Å². The Morgan fingerprint density at radius 1 is 1.48 bits per heavy atom. The number of nitrogens with zero attached hydrogens (tertiary/aromatic N) is 3. The molecule has 1 amide bonds. The number of carbonyl (C=O) groups is 1. The average molecular weight is 291 g/mol. The molecule has 1 aromatic heterocycles. The maximum Gasteiger partial charge on any atom is 0.410 e. The van der Waals surface area contributed by atoms with Gasteiger partial charge in [0.25, 0.3) is 0 Å². The number of ether oxygens (including phenoxy) is 1. The van der Waals surface area contributed by atoms with Crippen molar-refractivity contribution in [1.29, 1.82) is 0 Å². The lowest BCUT2D eigenvalue weighted by Crippen LogP contribution is -2.38. The average Bonchev–Trinajstić information content (AvgIpc) is 3.05. The minimum Gasteiger partial charge on any atom is -0.445 e. The maximum atomic E-state index is 12.0. The third-order valence-electron chi connectivity index (χ3n) is 3.59. The summed E-state index contributed by atoms with van der Waals surface area (Å²) in [7, 11) is 0. The summed E-state index contributed by atoms with van der Waals surface area (Å²) >= 11 is 0. The first kappa shape index (κ1) is 15.3. The fourth-order valence-electron chi connectivity index (χ4n) is 2.35. The number of rotatable bonds is 4. The molecule has 0 bridgehead atoms. The molecule has 1 fully saturated rings. The van der Waals surface area contributed by atoms with Crippen molar-refractivity contribution in [2.45, 2.75) is 32.6 Å². The van der Waals surface area contributed by atoms with Gasteiger partial charge in [-0.2, -0.15) is 0 Å². The van der Waals surface area contributed by atoms with Crippen LogP contribution in [0.15, 0.2) is 34.6 Å². The Hall–Kier alpha value is -2.11. The molecule has 0 atom stereocenters. The largest absolute Gasteiger partial charge is 0.445 e. The van der Waals surface area contributed by atoms with Crippen molar-refractivity contribution >= 4 is 6.09 Å². The Labute approximate surface area is 124 Å². The van der Waals surface area contributed by atoms with E-state index in [0.29, 0.717) is 25.6 Å².